The van der Waals surface area contributed by atoms with Gasteiger partial charge in [0.2, 0.25) is 11.8 Å². The first kappa shape index (κ1) is 30.9. The van der Waals surface area contributed by atoms with Gasteiger partial charge in [-0.1, -0.05) is 36.4 Å². The smallest absolute Gasteiger partial charge is 0.374 e. The Hall–Kier alpha value is -4.04. The molecule has 2 aliphatic heterocycles. The normalized spacial score (nSPS) is 20.0. The molecule has 226 valence electrons. The highest BCUT2D eigenvalue weighted by Gasteiger charge is 2.61. The number of ether oxygens (including phenoxy) is 1. The summed E-state index contributed by atoms with van der Waals surface area (Å²) in [6.07, 6.45) is -3.57. The first-order valence-corrected chi connectivity index (χ1v) is 13.3. The van der Waals surface area contributed by atoms with Gasteiger partial charge in [0, 0.05) is 31.4 Å². The van der Waals surface area contributed by atoms with Gasteiger partial charge in [-0.05, 0) is 31.5 Å². The van der Waals surface area contributed by atoms with Crippen LogP contribution < -0.4 is 11.1 Å². The van der Waals surface area contributed by atoms with Gasteiger partial charge >= 0.3 is 12.2 Å². The van der Waals surface area contributed by atoms with E-state index >= 15 is 0 Å². The molecule has 3 heterocycles. The standard InChI is InChI=1S/C28H33F3N6O5/c1-26(2,32)23(39)34-21(16-42-15-19-8-4-3-5-9-19)22(38)35-12-13-37-25(41)36(18-28(29,30)31)24(40)27(37,17-35)14-20-10-6-7-11-33-20/h3-11,21H,12-18,32H2,1-2H3,(H,34,39). The maximum absolute atomic E-state index is 13.9. The maximum atomic E-state index is 13.9. The monoisotopic (exact) mass is 590 g/mol. The van der Waals surface area contributed by atoms with E-state index in [-0.39, 0.29) is 37.6 Å². The molecule has 1 aromatic heterocycles. The molecule has 2 saturated heterocycles. The Morgan fingerprint density at radius 1 is 1.10 bits per heavy atom. The van der Waals surface area contributed by atoms with Gasteiger partial charge in [-0.15, -0.1) is 0 Å². The fourth-order valence-corrected chi connectivity index (χ4v) is 5.00. The Morgan fingerprint density at radius 3 is 2.40 bits per heavy atom. The zero-order valence-corrected chi connectivity index (χ0v) is 23.3. The van der Waals surface area contributed by atoms with E-state index in [1.165, 1.54) is 24.9 Å². The van der Waals surface area contributed by atoms with Gasteiger partial charge in [-0.25, -0.2) is 4.79 Å². The van der Waals surface area contributed by atoms with Crippen molar-refractivity contribution in [2.45, 2.75) is 50.2 Å². The van der Waals surface area contributed by atoms with Gasteiger partial charge in [-0.2, -0.15) is 13.2 Å². The van der Waals surface area contributed by atoms with Crippen LogP contribution in [0.4, 0.5) is 18.0 Å². The number of amides is 5. The van der Waals surface area contributed by atoms with Gasteiger partial charge in [-0.3, -0.25) is 24.3 Å². The highest BCUT2D eigenvalue weighted by Crippen LogP contribution is 2.36. The predicted octanol–water partition coefficient (Wildman–Crippen LogP) is 1.47. The minimum atomic E-state index is -4.82. The number of fused-ring (bicyclic) bond motifs is 1. The first-order valence-electron chi connectivity index (χ1n) is 13.3. The first-order chi connectivity index (χ1) is 19.7. The molecule has 0 bridgehead atoms. The zero-order valence-electron chi connectivity index (χ0n) is 23.3. The topological polar surface area (TPSA) is 138 Å². The average molecular weight is 591 g/mol. The highest BCUT2D eigenvalue weighted by molar-refractivity contribution is 6.08. The summed E-state index contributed by atoms with van der Waals surface area (Å²) in [5, 5.41) is 2.60. The highest BCUT2D eigenvalue weighted by atomic mass is 19.4. The number of nitrogens with zero attached hydrogens (tertiary/aromatic N) is 4. The molecular weight excluding hydrogens is 557 g/mol. The number of piperazine rings is 1. The van der Waals surface area contributed by atoms with Crippen LogP contribution in [-0.2, 0) is 32.1 Å². The predicted molar refractivity (Wildman–Crippen MR) is 143 cm³/mol. The van der Waals surface area contributed by atoms with E-state index in [4.69, 9.17) is 10.5 Å². The number of imide groups is 1. The molecule has 5 amide bonds. The summed E-state index contributed by atoms with van der Waals surface area (Å²) in [7, 11) is 0. The number of alkyl halides is 3. The van der Waals surface area contributed by atoms with Crippen LogP contribution in [0.5, 0.6) is 0 Å². The summed E-state index contributed by atoms with van der Waals surface area (Å²) >= 11 is 0. The molecule has 0 aliphatic carbocycles. The van der Waals surface area contributed by atoms with Crippen LogP contribution in [0.3, 0.4) is 0 Å². The molecule has 14 heteroatoms. The lowest BCUT2D eigenvalue weighted by Crippen LogP contribution is -2.67. The molecule has 1 aromatic carbocycles. The van der Waals surface area contributed by atoms with Gasteiger partial charge in [0.15, 0.2) is 0 Å². The van der Waals surface area contributed by atoms with Gasteiger partial charge in [0.25, 0.3) is 5.91 Å². The van der Waals surface area contributed by atoms with Gasteiger partial charge < -0.3 is 25.6 Å². The third-order valence-corrected chi connectivity index (χ3v) is 7.10. The van der Waals surface area contributed by atoms with E-state index in [0.717, 1.165) is 10.5 Å². The zero-order chi connectivity index (χ0) is 30.7. The van der Waals surface area contributed by atoms with Crippen LogP contribution in [0.1, 0.15) is 25.1 Å². The third kappa shape index (κ3) is 6.87. The summed E-state index contributed by atoms with van der Waals surface area (Å²) in [6.45, 7) is 0.388. The van der Waals surface area contributed by atoms with Crippen LogP contribution in [0.25, 0.3) is 0 Å². The van der Waals surface area contributed by atoms with E-state index in [9.17, 15) is 32.3 Å². The number of rotatable bonds is 10. The van der Waals surface area contributed by atoms with Gasteiger partial charge in [0.05, 0.1) is 25.3 Å². The van der Waals surface area contributed by atoms with Crippen LogP contribution in [-0.4, -0.2) is 99.5 Å². The number of hydrogen-bond donors (Lipinski definition) is 2. The maximum Gasteiger partial charge on any atom is 0.406 e. The van der Waals surface area contributed by atoms with Crippen molar-refractivity contribution in [1.82, 2.24) is 25.0 Å². The molecule has 0 spiro atoms. The average Bonchev–Trinajstić information content (AvgIpc) is 3.12. The Bertz CT molecular complexity index is 1300. The van der Waals surface area contributed by atoms with Crippen molar-refractivity contribution < 1.29 is 37.1 Å². The lowest BCUT2D eigenvalue weighted by atomic mass is 9.88. The van der Waals surface area contributed by atoms with E-state index < -0.39 is 60.1 Å². The second kappa shape index (κ2) is 12.1. The molecule has 4 rings (SSSR count). The number of hydrogen-bond acceptors (Lipinski definition) is 7. The molecule has 2 aliphatic rings. The Morgan fingerprint density at radius 2 is 1.79 bits per heavy atom. The van der Waals surface area contributed by atoms with Crippen molar-refractivity contribution in [3.8, 4) is 0 Å². The molecule has 2 fully saturated rings. The quantitative estimate of drug-likeness (QED) is 0.400. The molecule has 0 radical (unpaired) electrons. The second-order valence-corrected chi connectivity index (χ2v) is 11.0. The number of nitrogens with two attached hydrogens (primary N) is 1. The van der Waals surface area contributed by atoms with Crippen LogP contribution >= 0.6 is 0 Å². The summed E-state index contributed by atoms with van der Waals surface area (Å²) in [5.74, 6) is -2.33. The Balaban J connectivity index is 1.61. The van der Waals surface area contributed by atoms with Crippen molar-refractivity contribution in [3.05, 3.63) is 66.0 Å². The molecular formula is C28H33F3N6O5. The minimum absolute atomic E-state index is 0.0846. The number of urea groups is 1. The summed E-state index contributed by atoms with van der Waals surface area (Å²) in [5.41, 5.74) is 3.96. The minimum Gasteiger partial charge on any atom is -0.374 e. The molecule has 2 atom stereocenters. The molecule has 42 heavy (non-hydrogen) atoms. The van der Waals surface area contributed by atoms with Crippen molar-refractivity contribution in [2.24, 2.45) is 5.73 Å². The van der Waals surface area contributed by atoms with E-state index in [1.54, 1.807) is 18.2 Å². The number of carbonyl (C=O) groups excluding carboxylic acids is 4. The SMILES string of the molecule is CC(C)(N)C(=O)NC(COCc1ccccc1)C(=O)N1CCN2C(=O)N(CC(F)(F)F)C(=O)C2(Cc2ccccn2)C1. The molecule has 2 aromatic rings. The van der Waals surface area contributed by atoms with Gasteiger partial charge in [0.1, 0.15) is 18.1 Å². The fourth-order valence-electron chi connectivity index (χ4n) is 5.00. The van der Waals surface area contributed by atoms with E-state index in [2.05, 4.69) is 10.3 Å². The number of aromatic nitrogens is 1. The third-order valence-electron chi connectivity index (χ3n) is 7.10. The van der Waals surface area contributed by atoms with Crippen molar-refractivity contribution >= 4 is 23.8 Å². The summed E-state index contributed by atoms with van der Waals surface area (Å²) in [4.78, 5) is 60.0. The molecule has 2 unspecified atom stereocenters. The summed E-state index contributed by atoms with van der Waals surface area (Å²) < 4.78 is 45.8. The number of carbonyl (C=O) groups is 4. The van der Waals surface area contributed by atoms with Crippen molar-refractivity contribution in [2.75, 3.05) is 32.8 Å². The molecule has 11 nitrogen and oxygen atoms in total. The number of pyridine rings is 1. The lowest BCUT2D eigenvalue weighted by molar-refractivity contribution is -0.157. The lowest BCUT2D eigenvalue weighted by Gasteiger charge is -2.45. The number of halogens is 3. The van der Waals surface area contributed by atoms with E-state index in [0.29, 0.717) is 5.69 Å². The fraction of sp³-hybridized carbons (Fsp3) is 0.464. The molecule has 0 saturated carbocycles. The van der Waals surface area contributed by atoms with Crippen LogP contribution in [0, 0.1) is 0 Å². The Kier molecular flexibility index (Phi) is 8.87. The molecule has 3 N–H and O–H groups in total. The Labute approximate surface area is 240 Å². The van der Waals surface area contributed by atoms with Crippen molar-refractivity contribution in [1.29, 1.82) is 0 Å². The van der Waals surface area contributed by atoms with E-state index in [1.807, 2.05) is 30.3 Å². The number of nitrogens with one attached hydrogen (secondary N) is 1. The van der Waals surface area contributed by atoms with Crippen molar-refractivity contribution in [3.63, 3.8) is 0 Å². The summed E-state index contributed by atoms with van der Waals surface area (Å²) in [6, 6.07) is 11.7. The second-order valence-electron chi connectivity index (χ2n) is 11.0. The largest absolute Gasteiger partial charge is 0.406 e. The van der Waals surface area contributed by atoms with Crippen LogP contribution in [0.2, 0.25) is 0 Å². The van der Waals surface area contributed by atoms with Crippen LogP contribution in [0.15, 0.2) is 54.7 Å². The number of benzene rings is 1.